The van der Waals surface area contributed by atoms with Crippen LogP contribution in [0.3, 0.4) is 0 Å². The number of benzene rings is 1. The molecule has 2 fully saturated rings. The number of methoxy groups -OCH3 is 1. The van der Waals surface area contributed by atoms with Crippen molar-refractivity contribution in [3.63, 3.8) is 0 Å². The van der Waals surface area contributed by atoms with Gasteiger partial charge in [-0.3, -0.25) is 9.69 Å². The van der Waals surface area contributed by atoms with E-state index in [1.807, 2.05) is 24.3 Å². The average molecular weight is 422 g/mol. The highest BCUT2D eigenvalue weighted by Gasteiger charge is 2.34. The molecule has 7 heteroatoms. The fourth-order valence-electron chi connectivity index (χ4n) is 3.10. The zero-order chi connectivity index (χ0) is 20.1. The molecule has 1 amide bonds. The lowest BCUT2D eigenvalue weighted by molar-refractivity contribution is -0.123. The van der Waals surface area contributed by atoms with Gasteiger partial charge in [0.2, 0.25) is 0 Å². The number of hydrogen-bond acceptors (Lipinski definition) is 6. The van der Waals surface area contributed by atoms with E-state index in [9.17, 15) is 4.79 Å². The lowest BCUT2D eigenvalue weighted by Gasteiger charge is -2.18. The second-order valence-corrected chi connectivity index (χ2v) is 9.04. The van der Waals surface area contributed by atoms with Crippen LogP contribution >= 0.6 is 24.0 Å². The van der Waals surface area contributed by atoms with Crippen LogP contribution in [0.25, 0.3) is 6.08 Å². The minimum absolute atomic E-state index is 0.0540. The number of thioether (sulfide) groups is 1. The zero-order valence-electron chi connectivity index (χ0n) is 16.6. The summed E-state index contributed by atoms with van der Waals surface area (Å²) in [5.41, 5.74) is 0.880. The molecule has 0 unspecified atom stereocenters. The summed E-state index contributed by atoms with van der Waals surface area (Å²) in [6.07, 6.45) is 4.95. The number of nitrogens with zero attached hydrogens (tertiary/aromatic N) is 1. The van der Waals surface area contributed by atoms with Crippen LogP contribution in [0.1, 0.15) is 38.7 Å². The predicted molar refractivity (Wildman–Crippen MR) is 117 cm³/mol. The van der Waals surface area contributed by atoms with Gasteiger partial charge in [0.15, 0.2) is 11.5 Å². The van der Waals surface area contributed by atoms with Crippen molar-refractivity contribution in [2.75, 3.05) is 26.9 Å². The monoisotopic (exact) mass is 421 g/mol. The maximum atomic E-state index is 12.8. The van der Waals surface area contributed by atoms with Gasteiger partial charge in [0.25, 0.3) is 5.91 Å². The van der Waals surface area contributed by atoms with Gasteiger partial charge in [-0.1, -0.05) is 43.9 Å². The molecule has 2 saturated heterocycles. The van der Waals surface area contributed by atoms with Crippen molar-refractivity contribution < 1.29 is 19.0 Å². The molecule has 0 aliphatic carbocycles. The molecule has 0 saturated carbocycles. The van der Waals surface area contributed by atoms with Crippen LogP contribution in [-0.4, -0.2) is 48.1 Å². The van der Waals surface area contributed by atoms with Crippen molar-refractivity contribution in [3.05, 3.63) is 28.7 Å². The number of rotatable bonds is 8. The van der Waals surface area contributed by atoms with E-state index in [0.717, 1.165) is 31.4 Å². The number of carbonyl (C=O) groups is 1. The maximum Gasteiger partial charge on any atom is 0.266 e. The summed E-state index contributed by atoms with van der Waals surface area (Å²) in [6, 6.07) is 5.70. The first kappa shape index (κ1) is 21.1. The molecule has 0 bridgehead atoms. The molecule has 3 rings (SSSR count). The third-order valence-electron chi connectivity index (χ3n) is 4.72. The highest BCUT2D eigenvalue weighted by molar-refractivity contribution is 8.26. The molecule has 2 heterocycles. The standard InChI is InChI=1S/C21H27NO4S2/c1-14(2)8-10-26-17-7-6-15(11-18(17)24-3)12-19-20(23)22(21(27)28-19)13-16-5-4-9-25-16/h6-7,11-12,14,16H,4-5,8-10,13H2,1-3H3/b19-12+/t16-/m0/s1. The lowest BCUT2D eigenvalue weighted by Crippen LogP contribution is -2.35. The average Bonchev–Trinajstić information content (AvgIpc) is 3.27. The molecular weight excluding hydrogens is 394 g/mol. The summed E-state index contributed by atoms with van der Waals surface area (Å²) in [6.45, 7) is 6.28. The third-order valence-corrected chi connectivity index (χ3v) is 6.10. The zero-order valence-corrected chi connectivity index (χ0v) is 18.2. The van der Waals surface area contributed by atoms with Crippen LogP contribution in [0.5, 0.6) is 11.5 Å². The molecule has 0 N–H and O–H groups in total. The van der Waals surface area contributed by atoms with E-state index < -0.39 is 0 Å². The molecule has 0 spiro atoms. The smallest absolute Gasteiger partial charge is 0.266 e. The van der Waals surface area contributed by atoms with Crippen molar-refractivity contribution in [3.8, 4) is 11.5 Å². The number of hydrogen-bond donors (Lipinski definition) is 0. The van der Waals surface area contributed by atoms with E-state index in [2.05, 4.69) is 13.8 Å². The Kier molecular flexibility index (Phi) is 7.37. The van der Waals surface area contributed by atoms with Gasteiger partial charge in [0.05, 0.1) is 31.3 Å². The van der Waals surface area contributed by atoms with Crippen molar-refractivity contribution >= 4 is 40.3 Å². The summed E-state index contributed by atoms with van der Waals surface area (Å²) < 4.78 is 17.5. The van der Waals surface area contributed by atoms with Crippen LogP contribution in [-0.2, 0) is 9.53 Å². The van der Waals surface area contributed by atoms with E-state index in [-0.39, 0.29) is 12.0 Å². The summed E-state index contributed by atoms with van der Waals surface area (Å²) in [7, 11) is 1.62. The maximum absolute atomic E-state index is 12.8. The molecule has 5 nitrogen and oxygen atoms in total. The quantitative estimate of drug-likeness (QED) is 0.455. The highest BCUT2D eigenvalue weighted by Crippen LogP contribution is 2.35. The van der Waals surface area contributed by atoms with Crippen LogP contribution < -0.4 is 9.47 Å². The van der Waals surface area contributed by atoms with E-state index >= 15 is 0 Å². The first-order valence-corrected chi connectivity index (χ1v) is 10.9. The Bertz CT molecular complexity index is 757. The molecule has 1 atom stereocenters. The number of carbonyl (C=O) groups excluding carboxylic acids is 1. The minimum Gasteiger partial charge on any atom is -0.493 e. The van der Waals surface area contributed by atoms with Gasteiger partial charge < -0.3 is 14.2 Å². The number of amides is 1. The Hall–Kier alpha value is -1.57. The summed E-state index contributed by atoms with van der Waals surface area (Å²) in [5, 5.41) is 0. The molecule has 152 valence electrons. The number of thiocarbonyl (C=S) groups is 1. The molecular formula is C21H27NO4S2. The molecule has 1 aromatic carbocycles. The predicted octanol–water partition coefficient (Wildman–Crippen LogP) is 4.50. The van der Waals surface area contributed by atoms with E-state index in [1.165, 1.54) is 11.8 Å². The second kappa shape index (κ2) is 9.76. The van der Waals surface area contributed by atoms with E-state index in [1.54, 1.807) is 12.0 Å². The van der Waals surface area contributed by atoms with Crippen LogP contribution in [0.15, 0.2) is 23.1 Å². The molecule has 0 aromatic heterocycles. The Labute approximate surface area is 176 Å². The van der Waals surface area contributed by atoms with Crippen molar-refractivity contribution in [1.29, 1.82) is 0 Å². The normalized spacial score (nSPS) is 21.2. The van der Waals surface area contributed by atoms with Crippen LogP contribution in [0, 0.1) is 5.92 Å². The minimum atomic E-state index is -0.0540. The summed E-state index contributed by atoms with van der Waals surface area (Å²) >= 11 is 6.75. The van der Waals surface area contributed by atoms with E-state index in [4.69, 9.17) is 26.4 Å². The third kappa shape index (κ3) is 5.27. The summed E-state index contributed by atoms with van der Waals surface area (Å²) in [4.78, 5) is 15.1. The van der Waals surface area contributed by atoms with Crippen molar-refractivity contribution in [1.82, 2.24) is 4.90 Å². The Morgan fingerprint density at radius 1 is 1.39 bits per heavy atom. The molecule has 28 heavy (non-hydrogen) atoms. The van der Waals surface area contributed by atoms with Gasteiger partial charge in [-0.2, -0.15) is 0 Å². The first-order chi connectivity index (χ1) is 13.5. The molecule has 2 aliphatic heterocycles. The summed E-state index contributed by atoms with van der Waals surface area (Å²) in [5.74, 6) is 1.90. The van der Waals surface area contributed by atoms with Crippen molar-refractivity contribution in [2.24, 2.45) is 5.92 Å². The number of ether oxygens (including phenoxy) is 3. The Morgan fingerprint density at radius 3 is 2.89 bits per heavy atom. The van der Waals surface area contributed by atoms with E-state index in [0.29, 0.717) is 39.8 Å². The van der Waals surface area contributed by atoms with Gasteiger partial charge in [0, 0.05) is 6.61 Å². The highest BCUT2D eigenvalue weighted by atomic mass is 32.2. The molecule has 2 aliphatic rings. The van der Waals surface area contributed by atoms with Crippen molar-refractivity contribution in [2.45, 2.75) is 39.2 Å². The fourth-order valence-corrected chi connectivity index (χ4v) is 4.37. The van der Waals surface area contributed by atoms with Crippen LogP contribution in [0.2, 0.25) is 0 Å². The lowest BCUT2D eigenvalue weighted by atomic mass is 10.1. The van der Waals surface area contributed by atoms with Crippen LogP contribution in [0.4, 0.5) is 0 Å². The Balaban J connectivity index is 1.70. The molecule has 1 aromatic rings. The van der Waals surface area contributed by atoms with Gasteiger partial charge in [-0.15, -0.1) is 0 Å². The SMILES string of the molecule is COc1cc(/C=C2/SC(=S)N(C[C@@H]3CCCO3)C2=O)ccc1OCCC(C)C. The van der Waals surface area contributed by atoms with Gasteiger partial charge in [-0.05, 0) is 49.0 Å². The fraction of sp³-hybridized carbons (Fsp3) is 0.524. The van der Waals surface area contributed by atoms with Gasteiger partial charge in [-0.25, -0.2) is 0 Å². The Morgan fingerprint density at radius 2 is 2.21 bits per heavy atom. The van der Waals surface area contributed by atoms with Gasteiger partial charge in [0.1, 0.15) is 4.32 Å². The topological polar surface area (TPSA) is 48.0 Å². The largest absolute Gasteiger partial charge is 0.493 e. The second-order valence-electron chi connectivity index (χ2n) is 7.37. The van der Waals surface area contributed by atoms with Gasteiger partial charge >= 0.3 is 0 Å². The molecule has 0 radical (unpaired) electrons. The first-order valence-electron chi connectivity index (χ1n) is 9.65.